The van der Waals surface area contributed by atoms with E-state index in [-0.39, 0.29) is 0 Å². The third kappa shape index (κ3) is 3.93. The number of para-hydroxylation sites is 1. The maximum absolute atomic E-state index is 4.84. The fourth-order valence-corrected chi connectivity index (χ4v) is 3.30. The molecule has 27 heavy (non-hydrogen) atoms. The summed E-state index contributed by atoms with van der Waals surface area (Å²) in [6, 6.07) is 22.4. The predicted octanol–water partition coefficient (Wildman–Crippen LogP) is 6.06. The second-order valence-corrected chi connectivity index (χ2v) is 7.37. The first-order valence-electron chi connectivity index (χ1n) is 8.71. The summed E-state index contributed by atoms with van der Waals surface area (Å²) >= 11 is 3.49. The molecule has 0 amide bonds. The topological polar surface area (TPSA) is 42.7 Å². The summed E-state index contributed by atoms with van der Waals surface area (Å²) in [5, 5.41) is 3.39. The van der Waals surface area contributed by atoms with Crippen LogP contribution in [0.5, 0.6) is 0 Å². The van der Waals surface area contributed by atoms with E-state index in [2.05, 4.69) is 68.1 Å². The third-order valence-corrected chi connectivity index (χ3v) is 4.75. The normalized spacial score (nSPS) is 10.8. The average Bonchev–Trinajstić information content (AvgIpc) is 3.06. The minimum Gasteiger partial charge on any atom is -0.310 e. The molecule has 0 aliphatic heterocycles. The predicted molar refractivity (Wildman–Crippen MR) is 114 cm³/mol. The van der Waals surface area contributed by atoms with E-state index in [4.69, 9.17) is 4.98 Å². The number of hydrogen-bond acceptors (Lipinski definition) is 3. The van der Waals surface area contributed by atoms with Crippen molar-refractivity contribution in [3.8, 4) is 16.9 Å². The van der Waals surface area contributed by atoms with Crippen LogP contribution in [0.1, 0.15) is 11.3 Å². The van der Waals surface area contributed by atoms with Gasteiger partial charge in [-0.05, 0) is 55.8 Å². The number of anilines is 2. The molecule has 0 fully saturated rings. The van der Waals surface area contributed by atoms with E-state index in [0.29, 0.717) is 0 Å². The van der Waals surface area contributed by atoms with Crippen LogP contribution in [-0.4, -0.2) is 14.5 Å². The van der Waals surface area contributed by atoms with E-state index in [1.54, 1.807) is 0 Å². The first kappa shape index (κ1) is 17.5. The van der Waals surface area contributed by atoms with Crippen LogP contribution >= 0.6 is 15.9 Å². The van der Waals surface area contributed by atoms with Crippen molar-refractivity contribution >= 4 is 27.7 Å². The number of rotatable bonds is 4. The van der Waals surface area contributed by atoms with Gasteiger partial charge in [0.1, 0.15) is 5.82 Å². The lowest BCUT2D eigenvalue weighted by molar-refractivity contribution is 1.05. The van der Waals surface area contributed by atoms with Gasteiger partial charge in [-0.2, -0.15) is 0 Å². The number of pyridine rings is 1. The Morgan fingerprint density at radius 2 is 1.63 bits per heavy atom. The van der Waals surface area contributed by atoms with Gasteiger partial charge in [0, 0.05) is 27.6 Å². The van der Waals surface area contributed by atoms with E-state index in [9.17, 15) is 0 Å². The molecule has 4 rings (SSSR count). The number of halogens is 1. The Labute approximate surface area is 167 Å². The molecule has 0 saturated carbocycles. The summed E-state index contributed by atoms with van der Waals surface area (Å²) in [7, 11) is 0. The zero-order valence-corrected chi connectivity index (χ0v) is 16.7. The van der Waals surface area contributed by atoms with Crippen LogP contribution in [0.4, 0.5) is 11.8 Å². The Balaban J connectivity index is 1.79. The molecular weight excluding hydrogens is 400 g/mol. The largest absolute Gasteiger partial charge is 0.310 e. The van der Waals surface area contributed by atoms with Crippen LogP contribution in [0.3, 0.4) is 0 Å². The van der Waals surface area contributed by atoms with Crippen LogP contribution in [0.25, 0.3) is 16.9 Å². The van der Waals surface area contributed by atoms with Crippen molar-refractivity contribution in [2.24, 2.45) is 0 Å². The fraction of sp³-hybridized carbons (Fsp3) is 0.0909. The number of imidazole rings is 1. The molecule has 2 aromatic heterocycles. The molecule has 0 spiro atoms. The molecular formula is C22H19BrN4. The standard InChI is InChI=1S/C22H19BrN4/c1-15-12-16(2)24-21(13-15)26-22-25-20(17-8-10-18(23)11-9-17)14-27(22)19-6-4-3-5-7-19/h3-14H,1-2H3,(H,24,25,26). The molecule has 0 unspecified atom stereocenters. The highest BCUT2D eigenvalue weighted by atomic mass is 79.9. The van der Waals surface area contributed by atoms with E-state index in [1.165, 1.54) is 0 Å². The van der Waals surface area contributed by atoms with Gasteiger partial charge in [0.25, 0.3) is 0 Å². The summed E-state index contributed by atoms with van der Waals surface area (Å²) in [4.78, 5) is 9.42. The Bertz CT molecular complexity index is 1050. The molecule has 134 valence electrons. The van der Waals surface area contributed by atoms with Gasteiger partial charge in [-0.25, -0.2) is 9.97 Å². The van der Waals surface area contributed by atoms with Gasteiger partial charge in [0.15, 0.2) is 0 Å². The Morgan fingerprint density at radius 1 is 0.889 bits per heavy atom. The number of aryl methyl sites for hydroxylation is 2. The Kier molecular flexibility index (Phi) is 4.77. The van der Waals surface area contributed by atoms with Gasteiger partial charge < -0.3 is 5.32 Å². The van der Waals surface area contributed by atoms with E-state index in [0.717, 1.165) is 44.4 Å². The van der Waals surface area contributed by atoms with E-state index in [1.807, 2.05) is 49.5 Å². The summed E-state index contributed by atoms with van der Waals surface area (Å²) in [5.41, 5.74) is 5.14. The molecule has 0 aliphatic carbocycles. The van der Waals surface area contributed by atoms with E-state index >= 15 is 0 Å². The number of aromatic nitrogens is 3. The van der Waals surface area contributed by atoms with Crippen molar-refractivity contribution in [1.82, 2.24) is 14.5 Å². The minimum absolute atomic E-state index is 0.733. The molecule has 5 heteroatoms. The fourth-order valence-electron chi connectivity index (χ4n) is 3.03. The lowest BCUT2D eigenvalue weighted by Crippen LogP contribution is -2.03. The smallest absolute Gasteiger partial charge is 0.213 e. The van der Waals surface area contributed by atoms with Crippen LogP contribution < -0.4 is 5.32 Å². The molecule has 0 saturated heterocycles. The number of hydrogen-bond donors (Lipinski definition) is 1. The highest BCUT2D eigenvalue weighted by molar-refractivity contribution is 9.10. The van der Waals surface area contributed by atoms with Crippen molar-refractivity contribution in [2.75, 3.05) is 5.32 Å². The zero-order valence-electron chi connectivity index (χ0n) is 15.1. The number of nitrogens with zero attached hydrogens (tertiary/aromatic N) is 3. The summed E-state index contributed by atoms with van der Waals surface area (Å²) in [6.45, 7) is 4.06. The SMILES string of the molecule is Cc1cc(C)nc(Nc2nc(-c3ccc(Br)cc3)cn2-c2ccccc2)c1. The zero-order chi connectivity index (χ0) is 18.8. The van der Waals surface area contributed by atoms with Crippen molar-refractivity contribution < 1.29 is 0 Å². The molecule has 2 heterocycles. The molecule has 0 aliphatic rings. The van der Waals surface area contributed by atoms with Crippen LogP contribution in [0, 0.1) is 13.8 Å². The Hall–Kier alpha value is -2.92. The third-order valence-electron chi connectivity index (χ3n) is 4.22. The van der Waals surface area contributed by atoms with Gasteiger partial charge in [0.2, 0.25) is 5.95 Å². The highest BCUT2D eigenvalue weighted by Gasteiger charge is 2.12. The van der Waals surface area contributed by atoms with Crippen LogP contribution in [0.15, 0.2) is 77.4 Å². The lowest BCUT2D eigenvalue weighted by Gasteiger charge is -2.10. The van der Waals surface area contributed by atoms with Gasteiger partial charge in [0.05, 0.1) is 5.69 Å². The summed E-state index contributed by atoms with van der Waals surface area (Å²) in [6.07, 6.45) is 2.05. The van der Waals surface area contributed by atoms with Gasteiger partial charge in [-0.3, -0.25) is 4.57 Å². The van der Waals surface area contributed by atoms with Crippen molar-refractivity contribution in [2.45, 2.75) is 13.8 Å². The summed E-state index contributed by atoms with van der Waals surface area (Å²) < 4.78 is 3.10. The van der Waals surface area contributed by atoms with Gasteiger partial charge in [-0.15, -0.1) is 0 Å². The molecule has 1 N–H and O–H groups in total. The van der Waals surface area contributed by atoms with Gasteiger partial charge >= 0.3 is 0 Å². The minimum atomic E-state index is 0.733. The van der Waals surface area contributed by atoms with Crippen LogP contribution in [0.2, 0.25) is 0 Å². The first-order chi connectivity index (χ1) is 13.1. The van der Waals surface area contributed by atoms with E-state index < -0.39 is 0 Å². The van der Waals surface area contributed by atoms with Crippen LogP contribution in [-0.2, 0) is 0 Å². The summed E-state index contributed by atoms with van der Waals surface area (Å²) in [5.74, 6) is 1.52. The molecule has 0 atom stereocenters. The van der Waals surface area contributed by atoms with Crippen molar-refractivity contribution in [3.05, 3.63) is 88.7 Å². The molecule has 0 radical (unpaired) electrons. The number of nitrogens with one attached hydrogen (secondary N) is 1. The van der Waals surface area contributed by atoms with Crippen molar-refractivity contribution in [1.29, 1.82) is 0 Å². The second-order valence-electron chi connectivity index (χ2n) is 6.46. The first-order valence-corrected chi connectivity index (χ1v) is 9.51. The molecule has 4 aromatic rings. The average molecular weight is 419 g/mol. The maximum atomic E-state index is 4.84. The molecule has 4 nitrogen and oxygen atoms in total. The monoisotopic (exact) mass is 418 g/mol. The second kappa shape index (κ2) is 7.37. The highest BCUT2D eigenvalue weighted by Crippen LogP contribution is 2.27. The Morgan fingerprint density at radius 3 is 2.33 bits per heavy atom. The molecule has 0 bridgehead atoms. The lowest BCUT2D eigenvalue weighted by atomic mass is 10.2. The maximum Gasteiger partial charge on any atom is 0.213 e. The quantitative estimate of drug-likeness (QED) is 0.438. The van der Waals surface area contributed by atoms with Gasteiger partial charge in [-0.1, -0.05) is 46.3 Å². The number of benzene rings is 2. The molecule has 2 aromatic carbocycles. The van der Waals surface area contributed by atoms with Crippen molar-refractivity contribution in [3.63, 3.8) is 0 Å².